The maximum atomic E-state index is 8.76. The zero-order valence-electron chi connectivity index (χ0n) is 9.71. The summed E-state index contributed by atoms with van der Waals surface area (Å²) in [4.78, 5) is 0. The van der Waals surface area contributed by atoms with Crippen molar-refractivity contribution in [2.75, 3.05) is 13.1 Å². The third-order valence-electron chi connectivity index (χ3n) is 1.98. The number of allylic oxidation sites excluding steroid dienone is 1. The molecule has 0 aliphatic heterocycles. The minimum atomic E-state index is 0.0818. The third kappa shape index (κ3) is 5.72. The van der Waals surface area contributed by atoms with Crippen LogP contribution in [0.2, 0.25) is 0 Å². The molecular formula is C12H18N4. The van der Waals surface area contributed by atoms with Crippen molar-refractivity contribution in [1.29, 1.82) is 10.5 Å². The van der Waals surface area contributed by atoms with Crippen molar-refractivity contribution in [2.45, 2.75) is 26.2 Å². The fourth-order valence-electron chi connectivity index (χ4n) is 1.14. The van der Waals surface area contributed by atoms with Crippen LogP contribution >= 0.6 is 0 Å². The number of nitriles is 2. The molecule has 0 aromatic carbocycles. The Morgan fingerprint density at radius 2 is 1.94 bits per heavy atom. The molecule has 0 unspecified atom stereocenters. The van der Waals surface area contributed by atoms with Gasteiger partial charge >= 0.3 is 0 Å². The van der Waals surface area contributed by atoms with Crippen LogP contribution in [0.4, 0.5) is 0 Å². The van der Waals surface area contributed by atoms with E-state index in [0.717, 1.165) is 25.8 Å². The highest BCUT2D eigenvalue weighted by atomic mass is 15.1. The molecule has 16 heavy (non-hydrogen) atoms. The predicted octanol–water partition coefficient (Wildman–Crippen LogP) is 1.80. The van der Waals surface area contributed by atoms with E-state index >= 15 is 0 Å². The first kappa shape index (κ1) is 14.1. The number of nitrogens with zero attached hydrogens (tertiary/aromatic N) is 2. The van der Waals surface area contributed by atoms with Crippen LogP contribution in [0.25, 0.3) is 0 Å². The van der Waals surface area contributed by atoms with Gasteiger partial charge in [0.25, 0.3) is 0 Å². The Hall–Kier alpha value is -1.94. The summed E-state index contributed by atoms with van der Waals surface area (Å²) in [5, 5.41) is 23.5. The monoisotopic (exact) mass is 218 g/mol. The predicted molar refractivity (Wildman–Crippen MR) is 64.0 cm³/mol. The van der Waals surface area contributed by atoms with E-state index < -0.39 is 0 Å². The summed E-state index contributed by atoms with van der Waals surface area (Å²) < 4.78 is 0. The quantitative estimate of drug-likeness (QED) is 0.370. The lowest BCUT2D eigenvalue weighted by Gasteiger charge is -2.11. The molecule has 0 atom stereocenters. The van der Waals surface area contributed by atoms with Gasteiger partial charge in [-0.15, -0.1) is 6.58 Å². The summed E-state index contributed by atoms with van der Waals surface area (Å²) >= 11 is 0. The third-order valence-corrected chi connectivity index (χ3v) is 1.98. The molecule has 0 fully saturated rings. The number of hydrogen-bond donors (Lipinski definition) is 2. The lowest BCUT2D eigenvalue weighted by atomic mass is 10.2. The van der Waals surface area contributed by atoms with Crippen LogP contribution in [0, 0.1) is 22.7 Å². The van der Waals surface area contributed by atoms with Crippen LogP contribution in [0.3, 0.4) is 0 Å². The number of hydrogen-bond acceptors (Lipinski definition) is 4. The largest absolute Gasteiger partial charge is 0.370 e. The summed E-state index contributed by atoms with van der Waals surface area (Å²) in [7, 11) is 0. The first-order valence-corrected chi connectivity index (χ1v) is 5.43. The summed E-state index contributed by atoms with van der Waals surface area (Å²) in [6.07, 6.45) is 4.99. The summed E-state index contributed by atoms with van der Waals surface area (Å²) in [5.41, 5.74) is 0.0818. The van der Waals surface area contributed by atoms with Gasteiger partial charge in [-0.25, -0.2) is 0 Å². The van der Waals surface area contributed by atoms with Gasteiger partial charge in [0.15, 0.2) is 5.57 Å². The SMILES string of the molecule is C=CCNC(NCCCCC)=C(C#N)C#N. The zero-order chi connectivity index (χ0) is 12.2. The molecule has 0 radical (unpaired) electrons. The van der Waals surface area contributed by atoms with Gasteiger partial charge < -0.3 is 10.6 Å². The van der Waals surface area contributed by atoms with Gasteiger partial charge in [-0.1, -0.05) is 25.8 Å². The Balaban J connectivity index is 4.33. The molecule has 0 heterocycles. The molecule has 0 aliphatic rings. The zero-order valence-corrected chi connectivity index (χ0v) is 9.71. The van der Waals surface area contributed by atoms with E-state index in [1.165, 1.54) is 0 Å². The summed E-state index contributed by atoms with van der Waals surface area (Å²) in [5.74, 6) is 0.501. The average Bonchev–Trinajstić information content (AvgIpc) is 2.31. The van der Waals surface area contributed by atoms with Crippen molar-refractivity contribution < 1.29 is 0 Å². The molecule has 0 aliphatic carbocycles. The number of rotatable bonds is 8. The highest BCUT2D eigenvalue weighted by Gasteiger charge is 2.03. The Morgan fingerprint density at radius 3 is 2.44 bits per heavy atom. The van der Waals surface area contributed by atoms with E-state index in [1.54, 1.807) is 6.08 Å². The molecule has 0 spiro atoms. The molecular weight excluding hydrogens is 200 g/mol. The van der Waals surface area contributed by atoms with E-state index in [9.17, 15) is 0 Å². The van der Waals surface area contributed by atoms with Crippen molar-refractivity contribution in [3.05, 3.63) is 24.0 Å². The van der Waals surface area contributed by atoms with Gasteiger partial charge in [-0.05, 0) is 6.42 Å². The lowest BCUT2D eigenvalue weighted by molar-refractivity contribution is 0.636. The van der Waals surface area contributed by atoms with Gasteiger partial charge in [0, 0.05) is 13.1 Å². The molecule has 4 heteroatoms. The first-order valence-electron chi connectivity index (χ1n) is 5.43. The minimum absolute atomic E-state index is 0.0818. The topological polar surface area (TPSA) is 71.6 Å². The minimum Gasteiger partial charge on any atom is -0.370 e. The number of unbranched alkanes of at least 4 members (excludes halogenated alkanes) is 2. The number of nitrogens with one attached hydrogen (secondary N) is 2. The lowest BCUT2D eigenvalue weighted by Crippen LogP contribution is -2.28. The van der Waals surface area contributed by atoms with Gasteiger partial charge in [0.05, 0.1) is 0 Å². The van der Waals surface area contributed by atoms with Crippen LogP contribution in [-0.4, -0.2) is 13.1 Å². The van der Waals surface area contributed by atoms with Crippen LogP contribution in [0.15, 0.2) is 24.0 Å². The molecule has 0 rings (SSSR count). The maximum Gasteiger partial charge on any atom is 0.169 e. The molecule has 4 nitrogen and oxygen atoms in total. The molecule has 0 bridgehead atoms. The fraction of sp³-hybridized carbons (Fsp3) is 0.500. The first-order chi connectivity index (χ1) is 7.79. The van der Waals surface area contributed by atoms with Crippen LogP contribution in [0.1, 0.15) is 26.2 Å². The Bertz CT molecular complexity index is 301. The molecule has 0 saturated carbocycles. The van der Waals surface area contributed by atoms with E-state index in [2.05, 4.69) is 24.1 Å². The highest BCUT2D eigenvalue weighted by Crippen LogP contribution is 1.98. The van der Waals surface area contributed by atoms with Crippen molar-refractivity contribution in [3.63, 3.8) is 0 Å². The van der Waals surface area contributed by atoms with Gasteiger partial charge in [-0.3, -0.25) is 0 Å². The van der Waals surface area contributed by atoms with E-state index in [1.807, 2.05) is 12.1 Å². The fourth-order valence-corrected chi connectivity index (χ4v) is 1.14. The highest BCUT2D eigenvalue weighted by molar-refractivity contribution is 5.38. The van der Waals surface area contributed by atoms with Crippen molar-refractivity contribution in [2.24, 2.45) is 0 Å². The normalized spacial score (nSPS) is 8.44. The van der Waals surface area contributed by atoms with Crippen molar-refractivity contribution in [1.82, 2.24) is 10.6 Å². The molecule has 0 aromatic heterocycles. The smallest absolute Gasteiger partial charge is 0.169 e. The Morgan fingerprint density at radius 1 is 1.25 bits per heavy atom. The van der Waals surface area contributed by atoms with Crippen LogP contribution in [-0.2, 0) is 0 Å². The van der Waals surface area contributed by atoms with Crippen LogP contribution in [0.5, 0.6) is 0 Å². The van der Waals surface area contributed by atoms with Gasteiger partial charge in [0.2, 0.25) is 0 Å². The summed E-state index contributed by atoms with van der Waals surface area (Å²) in [6.45, 7) is 7.00. The van der Waals surface area contributed by atoms with Crippen molar-refractivity contribution in [3.8, 4) is 12.1 Å². The summed E-state index contributed by atoms with van der Waals surface area (Å²) in [6, 6.07) is 3.72. The van der Waals surface area contributed by atoms with E-state index in [0.29, 0.717) is 12.4 Å². The maximum absolute atomic E-state index is 8.76. The molecule has 86 valence electrons. The molecule has 0 saturated heterocycles. The molecule has 2 N–H and O–H groups in total. The van der Waals surface area contributed by atoms with E-state index in [4.69, 9.17) is 10.5 Å². The van der Waals surface area contributed by atoms with Gasteiger partial charge in [0.1, 0.15) is 18.0 Å². The average molecular weight is 218 g/mol. The molecule has 0 aromatic rings. The Kier molecular flexibility index (Phi) is 8.44. The van der Waals surface area contributed by atoms with E-state index in [-0.39, 0.29) is 5.57 Å². The van der Waals surface area contributed by atoms with Gasteiger partial charge in [-0.2, -0.15) is 10.5 Å². The van der Waals surface area contributed by atoms with Crippen molar-refractivity contribution >= 4 is 0 Å². The second kappa shape index (κ2) is 9.61. The standard InChI is InChI=1S/C12H18N4/c1-3-5-6-8-16-12(15-7-4-2)11(9-13)10-14/h4,15-16H,2-3,5-8H2,1H3. The second-order valence-corrected chi connectivity index (χ2v) is 3.28. The van der Waals surface area contributed by atoms with Crippen LogP contribution < -0.4 is 10.6 Å². The molecule has 0 amide bonds. The Labute approximate surface area is 97.3 Å². The second-order valence-electron chi connectivity index (χ2n) is 3.28.